The number of amides is 2. The molecule has 1 aromatic heterocycles. The van der Waals surface area contributed by atoms with E-state index < -0.39 is 5.91 Å². The number of carbonyl (C=O) groups is 2. The number of rotatable bonds is 7. The van der Waals surface area contributed by atoms with Gasteiger partial charge in [-0.15, -0.1) is 0 Å². The first-order chi connectivity index (χ1) is 9.60. The van der Waals surface area contributed by atoms with E-state index in [4.69, 9.17) is 9.52 Å². The molecule has 7 heteroatoms. The highest BCUT2D eigenvalue weighted by Crippen LogP contribution is 2.33. The lowest BCUT2D eigenvalue weighted by molar-refractivity contribution is -0.121. The highest BCUT2D eigenvalue weighted by atomic mass is 79.9. The van der Waals surface area contributed by atoms with Crippen LogP contribution in [0.15, 0.2) is 21.2 Å². The zero-order valence-corrected chi connectivity index (χ0v) is 12.5. The third-order valence-electron chi connectivity index (χ3n) is 3.18. The molecule has 0 radical (unpaired) electrons. The molecule has 1 aliphatic carbocycles. The first-order valence-electron chi connectivity index (χ1n) is 6.54. The van der Waals surface area contributed by atoms with Gasteiger partial charge in [-0.2, -0.15) is 0 Å². The first-order valence-corrected chi connectivity index (χ1v) is 7.33. The summed E-state index contributed by atoms with van der Waals surface area (Å²) in [6.07, 6.45) is 2.71. The number of halogens is 1. The summed E-state index contributed by atoms with van der Waals surface area (Å²) < 4.78 is 5.55. The summed E-state index contributed by atoms with van der Waals surface area (Å²) >= 11 is 3.10. The number of aliphatic hydroxyl groups excluding tert-OH is 1. The molecule has 0 aromatic carbocycles. The monoisotopic (exact) mass is 344 g/mol. The number of hydrogen-bond acceptors (Lipinski definition) is 4. The Bertz CT molecular complexity index is 484. The van der Waals surface area contributed by atoms with Gasteiger partial charge in [-0.25, -0.2) is 0 Å². The van der Waals surface area contributed by atoms with Crippen molar-refractivity contribution < 1.29 is 19.1 Å². The van der Waals surface area contributed by atoms with Gasteiger partial charge < -0.3 is 20.2 Å². The van der Waals surface area contributed by atoms with Crippen LogP contribution in [0.2, 0.25) is 0 Å². The highest BCUT2D eigenvalue weighted by molar-refractivity contribution is 9.10. The van der Waals surface area contributed by atoms with E-state index in [0.717, 1.165) is 12.8 Å². The summed E-state index contributed by atoms with van der Waals surface area (Å²) in [5.74, 6) is -0.0769. The van der Waals surface area contributed by atoms with E-state index in [0.29, 0.717) is 17.0 Å². The molecule has 6 nitrogen and oxygen atoms in total. The van der Waals surface area contributed by atoms with Crippen molar-refractivity contribution >= 4 is 27.7 Å². The van der Waals surface area contributed by atoms with Gasteiger partial charge in [0.05, 0.1) is 6.54 Å². The Balaban J connectivity index is 1.75. The Morgan fingerprint density at radius 2 is 2.20 bits per heavy atom. The van der Waals surface area contributed by atoms with E-state index in [-0.39, 0.29) is 30.9 Å². The molecule has 1 aromatic rings. The predicted molar refractivity (Wildman–Crippen MR) is 75.1 cm³/mol. The minimum Gasteiger partial charge on any atom is -0.444 e. The standard InChI is InChI=1S/C13H17BrN2O4/c14-11-4-3-10(20-11)13(19)15-7-12(18)16-9(5-6-17)8-1-2-8/h3-4,8-9,17H,1-2,5-7H2,(H,15,19)(H,16,18). The maximum atomic E-state index is 11.8. The zero-order chi connectivity index (χ0) is 14.5. The fraction of sp³-hybridized carbons (Fsp3) is 0.538. The summed E-state index contributed by atoms with van der Waals surface area (Å²) in [6.45, 7) is -0.0555. The molecule has 0 saturated heterocycles. The van der Waals surface area contributed by atoms with Crippen molar-refractivity contribution in [1.29, 1.82) is 0 Å². The molecule has 1 aliphatic rings. The summed E-state index contributed by atoms with van der Waals surface area (Å²) in [6, 6.07) is 3.14. The second-order valence-corrected chi connectivity index (χ2v) is 5.59. The Hall–Kier alpha value is -1.34. The third kappa shape index (κ3) is 4.35. The number of carbonyl (C=O) groups excluding carboxylic acids is 2. The van der Waals surface area contributed by atoms with E-state index in [1.165, 1.54) is 6.07 Å². The van der Waals surface area contributed by atoms with Crippen LogP contribution in [0.3, 0.4) is 0 Å². The second kappa shape index (κ2) is 6.90. The van der Waals surface area contributed by atoms with Crippen LogP contribution >= 0.6 is 15.9 Å². The molecule has 0 spiro atoms. The zero-order valence-electron chi connectivity index (χ0n) is 10.9. The quantitative estimate of drug-likeness (QED) is 0.689. The van der Waals surface area contributed by atoms with Crippen LogP contribution in [0.5, 0.6) is 0 Å². The minimum atomic E-state index is -0.434. The van der Waals surface area contributed by atoms with E-state index in [1.807, 2.05) is 0 Å². The van der Waals surface area contributed by atoms with Gasteiger partial charge in [-0.05, 0) is 53.2 Å². The van der Waals surface area contributed by atoms with Crippen molar-refractivity contribution in [1.82, 2.24) is 10.6 Å². The van der Waals surface area contributed by atoms with Gasteiger partial charge in [0.1, 0.15) is 0 Å². The molecule has 3 N–H and O–H groups in total. The van der Waals surface area contributed by atoms with Crippen molar-refractivity contribution in [2.24, 2.45) is 5.92 Å². The Kier molecular flexibility index (Phi) is 5.19. The Labute approximate surface area is 125 Å². The van der Waals surface area contributed by atoms with Gasteiger partial charge in [0.2, 0.25) is 5.91 Å². The first kappa shape index (κ1) is 15.1. The van der Waals surface area contributed by atoms with Crippen molar-refractivity contribution in [3.05, 3.63) is 22.6 Å². The number of nitrogens with one attached hydrogen (secondary N) is 2. The van der Waals surface area contributed by atoms with E-state index in [2.05, 4.69) is 26.6 Å². The van der Waals surface area contributed by atoms with Crippen LogP contribution in [-0.4, -0.2) is 36.1 Å². The van der Waals surface area contributed by atoms with Gasteiger partial charge in [0.15, 0.2) is 10.4 Å². The maximum Gasteiger partial charge on any atom is 0.287 e. The van der Waals surface area contributed by atoms with Crippen LogP contribution in [0.25, 0.3) is 0 Å². The number of hydrogen-bond donors (Lipinski definition) is 3. The molecule has 0 aliphatic heterocycles. The molecule has 110 valence electrons. The average molecular weight is 345 g/mol. The van der Waals surface area contributed by atoms with E-state index >= 15 is 0 Å². The molecular weight excluding hydrogens is 328 g/mol. The maximum absolute atomic E-state index is 11.8. The molecule has 0 bridgehead atoms. The lowest BCUT2D eigenvalue weighted by atomic mass is 10.1. The highest BCUT2D eigenvalue weighted by Gasteiger charge is 2.31. The van der Waals surface area contributed by atoms with Gasteiger partial charge in [-0.3, -0.25) is 9.59 Å². The minimum absolute atomic E-state index is 0.00200. The van der Waals surface area contributed by atoms with Crippen molar-refractivity contribution in [3.8, 4) is 0 Å². The summed E-state index contributed by atoms with van der Waals surface area (Å²) in [7, 11) is 0. The molecule has 1 saturated carbocycles. The molecule has 20 heavy (non-hydrogen) atoms. The van der Waals surface area contributed by atoms with Crippen LogP contribution in [0, 0.1) is 5.92 Å². The summed E-state index contributed by atoms with van der Waals surface area (Å²) in [4.78, 5) is 23.4. The Morgan fingerprint density at radius 3 is 2.75 bits per heavy atom. The van der Waals surface area contributed by atoms with Crippen LogP contribution < -0.4 is 10.6 Å². The summed E-state index contributed by atoms with van der Waals surface area (Å²) in [5.41, 5.74) is 0. The van der Waals surface area contributed by atoms with Gasteiger partial charge >= 0.3 is 0 Å². The lowest BCUT2D eigenvalue weighted by Gasteiger charge is -2.17. The molecule has 2 rings (SSSR count). The fourth-order valence-electron chi connectivity index (χ4n) is 2.01. The SMILES string of the molecule is O=C(CNC(=O)c1ccc(Br)o1)NC(CCO)C1CC1. The average Bonchev–Trinajstić information content (AvgIpc) is 3.17. The van der Waals surface area contributed by atoms with E-state index in [9.17, 15) is 9.59 Å². The topological polar surface area (TPSA) is 91.6 Å². The Morgan fingerprint density at radius 1 is 1.45 bits per heavy atom. The third-order valence-corrected chi connectivity index (χ3v) is 3.61. The summed E-state index contributed by atoms with van der Waals surface area (Å²) in [5, 5.41) is 14.3. The lowest BCUT2D eigenvalue weighted by Crippen LogP contribution is -2.43. The van der Waals surface area contributed by atoms with Crippen molar-refractivity contribution in [2.45, 2.75) is 25.3 Å². The van der Waals surface area contributed by atoms with Crippen molar-refractivity contribution in [3.63, 3.8) is 0 Å². The molecular formula is C13H17BrN2O4. The van der Waals surface area contributed by atoms with E-state index in [1.54, 1.807) is 6.07 Å². The predicted octanol–water partition coefficient (Wildman–Crippen LogP) is 1.05. The van der Waals surface area contributed by atoms with Crippen molar-refractivity contribution in [2.75, 3.05) is 13.2 Å². The second-order valence-electron chi connectivity index (χ2n) is 4.81. The molecule has 2 amide bonds. The smallest absolute Gasteiger partial charge is 0.287 e. The largest absolute Gasteiger partial charge is 0.444 e. The molecule has 1 unspecified atom stereocenters. The fourth-order valence-corrected chi connectivity index (χ4v) is 2.31. The number of aliphatic hydroxyl groups is 1. The van der Waals surface area contributed by atoms with Gasteiger partial charge in [-0.1, -0.05) is 0 Å². The van der Waals surface area contributed by atoms with Crippen LogP contribution in [-0.2, 0) is 4.79 Å². The molecule has 1 fully saturated rings. The molecule has 1 heterocycles. The normalized spacial score (nSPS) is 15.7. The van der Waals surface area contributed by atoms with Crippen LogP contribution in [0.1, 0.15) is 29.8 Å². The van der Waals surface area contributed by atoms with Gasteiger partial charge in [0, 0.05) is 12.6 Å². The van der Waals surface area contributed by atoms with Crippen LogP contribution in [0.4, 0.5) is 0 Å². The molecule has 1 atom stereocenters. The van der Waals surface area contributed by atoms with Gasteiger partial charge in [0.25, 0.3) is 5.91 Å². The number of furan rings is 1.